The first kappa shape index (κ1) is 16.9. The summed E-state index contributed by atoms with van der Waals surface area (Å²) in [6.07, 6.45) is 11.2. The van der Waals surface area contributed by atoms with Crippen molar-refractivity contribution in [2.75, 3.05) is 0 Å². The summed E-state index contributed by atoms with van der Waals surface area (Å²) in [6.45, 7) is 8.00. The minimum atomic E-state index is 1.12. The summed E-state index contributed by atoms with van der Waals surface area (Å²) < 4.78 is 2.54. The number of hydrogen-bond acceptors (Lipinski definition) is 0. The Morgan fingerprint density at radius 3 is 2.23 bits per heavy atom. The second-order valence-corrected chi connectivity index (χ2v) is 6.20. The molecule has 0 N–H and O–H groups in total. The summed E-state index contributed by atoms with van der Waals surface area (Å²) in [5, 5.41) is 0. The third-order valence-corrected chi connectivity index (χ3v) is 4.48. The van der Waals surface area contributed by atoms with E-state index in [4.69, 9.17) is 0 Å². The zero-order chi connectivity index (χ0) is 15.8. The average Bonchev–Trinajstić information content (AvgIpc) is 2.91. The molecular formula is C21H31N. The monoisotopic (exact) mass is 297 g/mol. The van der Waals surface area contributed by atoms with E-state index in [0.717, 1.165) is 13.0 Å². The van der Waals surface area contributed by atoms with Crippen molar-refractivity contribution in [3.63, 3.8) is 0 Å². The van der Waals surface area contributed by atoms with Gasteiger partial charge < -0.3 is 4.57 Å². The fourth-order valence-corrected chi connectivity index (χ4v) is 3.22. The van der Waals surface area contributed by atoms with Crippen LogP contribution in [-0.4, -0.2) is 4.57 Å². The van der Waals surface area contributed by atoms with Crippen LogP contribution in [-0.2, 0) is 19.4 Å². The topological polar surface area (TPSA) is 4.93 Å². The fourth-order valence-electron chi connectivity index (χ4n) is 3.22. The maximum Gasteiger partial charge on any atom is 0.0256 e. The minimum Gasteiger partial charge on any atom is -0.351 e. The van der Waals surface area contributed by atoms with Gasteiger partial charge in [-0.05, 0) is 36.8 Å². The Kier molecular flexibility index (Phi) is 6.76. The Hall–Kier alpha value is -1.50. The summed E-state index contributed by atoms with van der Waals surface area (Å²) in [5.74, 6) is 0. The second kappa shape index (κ2) is 8.82. The summed E-state index contributed by atoms with van der Waals surface area (Å²) in [7, 11) is 0. The number of rotatable bonds is 9. The first-order valence-electron chi connectivity index (χ1n) is 9.08. The Balaban J connectivity index is 2.40. The lowest BCUT2D eigenvalue weighted by atomic mass is 9.97. The average molecular weight is 297 g/mol. The molecule has 1 aromatic carbocycles. The molecule has 1 heteroatoms. The number of nitrogens with zero attached hydrogens (tertiary/aromatic N) is 1. The zero-order valence-electron chi connectivity index (χ0n) is 14.6. The second-order valence-electron chi connectivity index (χ2n) is 6.20. The van der Waals surface area contributed by atoms with Gasteiger partial charge in [-0.15, -0.1) is 0 Å². The SMILES string of the molecule is CCCCCc1c(-c2ccccc2)c(CC)cn1CCCC. The predicted molar refractivity (Wildman–Crippen MR) is 97.4 cm³/mol. The lowest BCUT2D eigenvalue weighted by Gasteiger charge is -2.12. The Labute approximate surface area is 136 Å². The molecule has 0 saturated heterocycles. The van der Waals surface area contributed by atoms with E-state index in [0.29, 0.717) is 0 Å². The van der Waals surface area contributed by atoms with Crippen LogP contribution < -0.4 is 0 Å². The van der Waals surface area contributed by atoms with Crippen LogP contribution in [0.4, 0.5) is 0 Å². The Bertz CT molecular complexity index is 551. The molecule has 22 heavy (non-hydrogen) atoms. The summed E-state index contributed by atoms with van der Waals surface area (Å²) in [5.41, 5.74) is 5.97. The van der Waals surface area contributed by atoms with Crippen LogP contribution in [0.25, 0.3) is 11.1 Å². The first-order valence-corrected chi connectivity index (χ1v) is 9.08. The molecule has 1 nitrogen and oxygen atoms in total. The van der Waals surface area contributed by atoms with Crippen LogP contribution >= 0.6 is 0 Å². The largest absolute Gasteiger partial charge is 0.351 e. The van der Waals surface area contributed by atoms with Gasteiger partial charge in [-0.1, -0.05) is 70.4 Å². The van der Waals surface area contributed by atoms with Gasteiger partial charge in [0.25, 0.3) is 0 Å². The lowest BCUT2D eigenvalue weighted by molar-refractivity contribution is 0.595. The summed E-state index contributed by atoms with van der Waals surface area (Å²) >= 11 is 0. The van der Waals surface area contributed by atoms with Gasteiger partial charge in [-0.2, -0.15) is 0 Å². The zero-order valence-corrected chi connectivity index (χ0v) is 14.6. The highest BCUT2D eigenvalue weighted by molar-refractivity contribution is 5.70. The first-order chi connectivity index (χ1) is 10.8. The Morgan fingerprint density at radius 1 is 0.864 bits per heavy atom. The highest BCUT2D eigenvalue weighted by Crippen LogP contribution is 2.31. The lowest BCUT2D eigenvalue weighted by Crippen LogP contribution is -2.03. The van der Waals surface area contributed by atoms with Crippen molar-refractivity contribution in [3.8, 4) is 11.1 Å². The minimum absolute atomic E-state index is 1.12. The van der Waals surface area contributed by atoms with E-state index in [-0.39, 0.29) is 0 Å². The molecular weight excluding hydrogens is 266 g/mol. The van der Waals surface area contributed by atoms with Gasteiger partial charge in [-0.3, -0.25) is 0 Å². The van der Waals surface area contributed by atoms with Gasteiger partial charge in [0, 0.05) is 24.0 Å². The number of aryl methyl sites for hydroxylation is 2. The van der Waals surface area contributed by atoms with Crippen LogP contribution in [0.3, 0.4) is 0 Å². The van der Waals surface area contributed by atoms with E-state index in [1.165, 1.54) is 55.2 Å². The molecule has 120 valence electrons. The van der Waals surface area contributed by atoms with E-state index in [2.05, 4.69) is 61.9 Å². The van der Waals surface area contributed by atoms with Gasteiger partial charge in [0.05, 0.1) is 0 Å². The van der Waals surface area contributed by atoms with Crippen molar-refractivity contribution in [1.82, 2.24) is 4.57 Å². The van der Waals surface area contributed by atoms with Crippen LogP contribution in [0.2, 0.25) is 0 Å². The number of aromatic nitrogens is 1. The van der Waals surface area contributed by atoms with Crippen molar-refractivity contribution >= 4 is 0 Å². The maximum absolute atomic E-state index is 2.54. The van der Waals surface area contributed by atoms with E-state index in [1.807, 2.05) is 0 Å². The van der Waals surface area contributed by atoms with E-state index in [1.54, 1.807) is 5.69 Å². The molecule has 0 spiro atoms. The quantitative estimate of drug-likeness (QED) is 0.482. The molecule has 0 unspecified atom stereocenters. The molecule has 1 aromatic heterocycles. The van der Waals surface area contributed by atoms with Crippen LogP contribution in [0.5, 0.6) is 0 Å². The van der Waals surface area contributed by atoms with Crippen LogP contribution in [0, 0.1) is 0 Å². The standard InChI is InChI=1S/C21H31N/c1-4-7-10-15-20-21(19-13-11-9-12-14-19)18(6-3)17-22(20)16-8-5-2/h9,11-14,17H,4-8,10,15-16H2,1-3H3. The summed E-state index contributed by atoms with van der Waals surface area (Å²) in [4.78, 5) is 0. The smallest absolute Gasteiger partial charge is 0.0256 e. The molecule has 0 saturated carbocycles. The molecule has 0 radical (unpaired) electrons. The van der Waals surface area contributed by atoms with Crippen molar-refractivity contribution in [2.45, 2.75) is 72.3 Å². The third kappa shape index (κ3) is 4.03. The number of unbranched alkanes of at least 4 members (excludes halogenated alkanes) is 3. The molecule has 0 fully saturated rings. The Morgan fingerprint density at radius 2 is 1.59 bits per heavy atom. The van der Waals surface area contributed by atoms with Crippen molar-refractivity contribution in [2.24, 2.45) is 0 Å². The molecule has 2 aromatic rings. The van der Waals surface area contributed by atoms with Gasteiger partial charge >= 0.3 is 0 Å². The van der Waals surface area contributed by atoms with E-state index < -0.39 is 0 Å². The molecule has 2 rings (SSSR count). The van der Waals surface area contributed by atoms with Crippen molar-refractivity contribution in [3.05, 3.63) is 47.8 Å². The van der Waals surface area contributed by atoms with Gasteiger partial charge in [0.2, 0.25) is 0 Å². The highest BCUT2D eigenvalue weighted by Gasteiger charge is 2.15. The normalized spacial score (nSPS) is 11.0. The molecule has 0 aliphatic heterocycles. The molecule has 1 heterocycles. The molecule has 0 aliphatic carbocycles. The highest BCUT2D eigenvalue weighted by atomic mass is 15.0. The molecule has 0 aliphatic rings. The van der Waals surface area contributed by atoms with Crippen molar-refractivity contribution < 1.29 is 0 Å². The molecule has 0 amide bonds. The van der Waals surface area contributed by atoms with E-state index in [9.17, 15) is 0 Å². The van der Waals surface area contributed by atoms with E-state index >= 15 is 0 Å². The number of hydrogen-bond donors (Lipinski definition) is 0. The third-order valence-electron chi connectivity index (χ3n) is 4.48. The fraction of sp³-hybridized carbons (Fsp3) is 0.524. The van der Waals surface area contributed by atoms with Crippen LogP contribution in [0.1, 0.15) is 64.1 Å². The maximum atomic E-state index is 2.54. The molecule has 0 bridgehead atoms. The summed E-state index contributed by atoms with van der Waals surface area (Å²) in [6, 6.07) is 11.0. The van der Waals surface area contributed by atoms with Gasteiger partial charge in [-0.25, -0.2) is 0 Å². The molecule has 0 atom stereocenters. The van der Waals surface area contributed by atoms with Gasteiger partial charge in [0.1, 0.15) is 0 Å². The van der Waals surface area contributed by atoms with Gasteiger partial charge in [0.15, 0.2) is 0 Å². The number of benzene rings is 1. The van der Waals surface area contributed by atoms with Crippen LogP contribution in [0.15, 0.2) is 36.5 Å². The predicted octanol–water partition coefficient (Wildman–Crippen LogP) is 6.25. The van der Waals surface area contributed by atoms with Crippen molar-refractivity contribution in [1.29, 1.82) is 0 Å².